The molecule has 0 radical (unpaired) electrons. The lowest BCUT2D eigenvalue weighted by Gasteiger charge is -2.20. The summed E-state index contributed by atoms with van der Waals surface area (Å²) in [6, 6.07) is 19.1. The van der Waals surface area contributed by atoms with Crippen LogP contribution in [0.2, 0.25) is 5.02 Å². The molecule has 1 heterocycles. The number of rotatable bonds is 6. The molecule has 0 spiro atoms. The Labute approximate surface area is 186 Å². The van der Waals surface area contributed by atoms with Crippen LogP contribution in [-0.4, -0.2) is 27.5 Å². The van der Waals surface area contributed by atoms with E-state index in [4.69, 9.17) is 16.3 Å². The van der Waals surface area contributed by atoms with Crippen molar-refractivity contribution >= 4 is 38.9 Å². The van der Waals surface area contributed by atoms with Crippen LogP contribution in [0, 0.1) is 6.92 Å². The van der Waals surface area contributed by atoms with E-state index in [0.29, 0.717) is 24.3 Å². The highest BCUT2D eigenvalue weighted by Gasteiger charge is 2.31. The highest BCUT2D eigenvalue weighted by molar-refractivity contribution is 7.92. The second-order valence-electron chi connectivity index (χ2n) is 7.20. The van der Waals surface area contributed by atoms with Crippen molar-refractivity contribution < 1.29 is 17.9 Å². The molecule has 0 aliphatic carbocycles. The number of amides is 1. The number of nitrogens with zero attached hydrogens (tertiary/aromatic N) is 1. The Kier molecular flexibility index (Phi) is 5.89. The van der Waals surface area contributed by atoms with Gasteiger partial charge < -0.3 is 10.1 Å². The van der Waals surface area contributed by atoms with E-state index in [1.54, 1.807) is 12.1 Å². The third-order valence-electron chi connectivity index (χ3n) is 5.11. The lowest BCUT2D eigenvalue weighted by atomic mass is 10.2. The average Bonchev–Trinajstić information content (AvgIpc) is 3.19. The van der Waals surface area contributed by atoms with Crippen molar-refractivity contribution in [2.24, 2.45) is 0 Å². The molecule has 0 saturated heterocycles. The summed E-state index contributed by atoms with van der Waals surface area (Å²) in [4.78, 5) is 12.3. The van der Waals surface area contributed by atoms with Crippen molar-refractivity contribution in [3.63, 3.8) is 0 Å². The molecule has 0 atom stereocenters. The lowest BCUT2D eigenvalue weighted by molar-refractivity contribution is -0.118. The molecule has 0 aromatic heterocycles. The second-order valence-corrected chi connectivity index (χ2v) is 9.47. The zero-order chi connectivity index (χ0) is 22.0. The number of sulfonamides is 1. The number of benzene rings is 3. The number of hydrogen-bond acceptors (Lipinski definition) is 4. The fourth-order valence-corrected chi connectivity index (χ4v) is 5.32. The van der Waals surface area contributed by atoms with Crippen LogP contribution in [0.3, 0.4) is 0 Å². The minimum absolute atomic E-state index is 0.0749. The van der Waals surface area contributed by atoms with Crippen LogP contribution in [0.4, 0.5) is 11.4 Å². The number of aryl methyl sites for hydroxylation is 1. The summed E-state index contributed by atoms with van der Waals surface area (Å²) in [5.41, 5.74) is 3.32. The molecular formula is C23H21ClN2O4S. The Morgan fingerprint density at radius 2 is 1.84 bits per heavy atom. The van der Waals surface area contributed by atoms with Gasteiger partial charge in [-0.25, -0.2) is 8.42 Å². The number of nitrogens with one attached hydrogen (secondary N) is 1. The third kappa shape index (κ3) is 4.38. The highest BCUT2D eigenvalue weighted by atomic mass is 35.5. The highest BCUT2D eigenvalue weighted by Crippen LogP contribution is 2.35. The lowest BCUT2D eigenvalue weighted by Crippen LogP contribution is -2.29. The fraction of sp³-hybridized carbons (Fsp3) is 0.174. The van der Waals surface area contributed by atoms with Crippen LogP contribution < -0.4 is 14.4 Å². The van der Waals surface area contributed by atoms with E-state index in [1.807, 2.05) is 43.3 Å². The molecule has 31 heavy (non-hydrogen) atoms. The number of carbonyl (C=O) groups excluding carboxylic acids is 1. The van der Waals surface area contributed by atoms with Crippen molar-refractivity contribution in [2.45, 2.75) is 18.2 Å². The van der Waals surface area contributed by atoms with Gasteiger partial charge in [0.15, 0.2) is 6.61 Å². The molecule has 0 bridgehead atoms. The van der Waals surface area contributed by atoms with Gasteiger partial charge in [0.05, 0.1) is 15.6 Å². The molecule has 6 nitrogen and oxygen atoms in total. The van der Waals surface area contributed by atoms with Crippen LogP contribution in [-0.2, 0) is 21.2 Å². The number of hydrogen-bond donors (Lipinski definition) is 1. The van der Waals surface area contributed by atoms with Gasteiger partial charge in [-0.15, -0.1) is 0 Å². The maximum absolute atomic E-state index is 13.1. The number of para-hydroxylation sites is 2. The van der Waals surface area contributed by atoms with Crippen molar-refractivity contribution in [3.05, 3.63) is 82.9 Å². The van der Waals surface area contributed by atoms with E-state index >= 15 is 0 Å². The Balaban J connectivity index is 1.46. The van der Waals surface area contributed by atoms with Gasteiger partial charge in [0, 0.05) is 12.2 Å². The summed E-state index contributed by atoms with van der Waals surface area (Å²) in [7, 11) is -3.75. The zero-order valence-electron chi connectivity index (χ0n) is 16.8. The summed E-state index contributed by atoms with van der Waals surface area (Å²) < 4.78 is 33.1. The molecule has 0 saturated carbocycles. The van der Waals surface area contributed by atoms with Gasteiger partial charge in [-0.2, -0.15) is 0 Å². The average molecular weight is 457 g/mol. The summed E-state index contributed by atoms with van der Waals surface area (Å²) >= 11 is 6.27. The third-order valence-corrected chi connectivity index (χ3v) is 7.22. The maximum Gasteiger partial charge on any atom is 0.264 e. The number of carbonyl (C=O) groups is 1. The molecule has 4 rings (SSSR count). The van der Waals surface area contributed by atoms with E-state index in [2.05, 4.69) is 5.32 Å². The van der Waals surface area contributed by atoms with E-state index < -0.39 is 10.0 Å². The van der Waals surface area contributed by atoms with Gasteiger partial charge in [-0.1, -0.05) is 48.0 Å². The molecule has 1 amide bonds. The summed E-state index contributed by atoms with van der Waals surface area (Å²) in [5.74, 6) is -0.0990. The molecule has 160 valence electrons. The van der Waals surface area contributed by atoms with Crippen molar-refractivity contribution in [1.29, 1.82) is 0 Å². The number of anilines is 2. The molecule has 3 aromatic carbocycles. The van der Waals surface area contributed by atoms with Crippen molar-refractivity contribution in [1.82, 2.24) is 0 Å². The van der Waals surface area contributed by atoms with Gasteiger partial charge in [-0.3, -0.25) is 9.10 Å². The predicted molar refractivity (Wildman–Crippen MR) is 121 cm³/mol. The zero-order valence-corrected chi connectivity index (χ0v) is 18.4. The first-order chi connectivity index (χ1) is 14.9. The van der Waals surface area contributed by atoms with Gasteiger partial charge in [0.2, 0.25) is 0 Å². The van der Waals surface area contributed by atoms with Crippen molar-refractivity contribution in [2.75, 3.05) is 22.8 Å². The molecule has 1 aliphatic heterocycles. The van der Waals surface area contributed by atoms with Crippen LogP contribution in [0.5, 0.6) is 5.75 Å². The molecule has 0 fully saturated rings. The van der Waals surface area contributed by atoms with E-state index in [0.717, 1.165) is 11.1 Å². The van der Waals surface area contributed by atoms with Gasteiger partial charge >= 0.3 is 0 Å². The fourth-order valence-electron chi connectivity index (χ4n) is 3.49. The molecule has 1 N–H and O–H groups in total. The molecule has 1 aliphatic rings. The van der Waals surface area contributed by atoms with Gasteiger partial charge in [-0.05, 0) is 54.8 Å². The Hall–Kier alpha value is -3.03. The molecule has 0 unspecified atom stereocenters. The number of ether oxygens (including phenoxy) is 1. The van der Waals surface area contributed by atoms with E-state index in [9.17, 15) is 13.2 Å². The van der Waals surface area contributed by atoms with Crippen LogP contribution in [0.1, 0.15) is 11.1 Å². The number of fused-ring (bicyclic) bond motifs is 1. The normalized spacial score (nSPS) is 13.0. The SMILES string of the molecule is Cc1ccccc1NC(=O)COc1ccc(S(=O)(=O)N2CCc3ccccc32)cc1Cl. The number of halogens is 1. The summed E-state index contributed by atoms with van der Waals surface area (Å²) in [6.45, 7) is 2.03. The van der Waals surface area contributed by atoms with E-state index in [-0.39, 0.29) is 28.2 Å². The summed E-state index contributed by atoms with van der Waals surface area (Å²) in [6.07, 6.45) is 0.667. The summed E-state index contributed by atoms with van der Waals surface area (Å²) in [5, 5.41) is 2.89. The van der Waals surface area contributed by atoms with Crippen LogP contribution >= 0.6 is 11.6 Å². The molecular weight excluding hydrogens is 436 g/mol. The van der Waals surface area contributed by atoms with Crippen molar-refractivity contribution in [3.8, 4) is 5.75 Å². The van der Waals surface area contributed by atoms with Gasteiger partial charge in [0.25, 0.3) is 15.9 Å². The quantitative estimate of drug-likeness (QED) is 0.595. The van der Waals surface area contributed by atoms with E-state index in [1.165, 1.54) is 22.5 Å². The smallest absolute Gasteiger partial charge is 0.264 e. The van der Waals surface area contributed by atoms with Gasteiger partial charge in [0.1, 0.15) is 5.75 Å². The first-order valence-corrected chi connectivity index (χ1v) is 11.6. The monoisotopic (exact) mass is 456 g/mol. The first-order valence-electron chi connectivity index (χ1n) is 9.75. The van der Waals surface area contributed by atoms with Crippen LogP contribution in [0.15, 0.2) is 71.6 Å². The largest absolute Gasteiger partial charge is 0.482 e. The molecule has 8 heteroatoms. The standard InChI is InChI=1S/C23H21ClN2O4S/c1-16-6-2-4-8-20(16)25-23(27)15-30-22-11-10-18(14-19(22)24)31(28,29)26-13-12-17-7-3-5-9-21(17)26/h2-11,14H,12-13,15H2,1H3,(H,25,27). The first kappa shape index (κ1) is 21.2. The Morgan fingerprint density at radius 3 is 2.61 bits per heavy atom. The minimum atomic E-state index is -3.75. The predicted octanol–water partition coefficient (Wildman–Crippen LogP) is 4.42. The molecule has 3 aromatic rings. The maximum atomic E-state index is 13.1. The van der Waals surface area contributed by atoms with Crippen LogP contribution in [0.25, 0.3) is 0 Å². The Morgan fingerprint density at radius 1 is 1.10 bits per heavy atom. The minimum Gasteiger partial charge on any atom is -0.482 e. The topological polar surface area (TPSA) is 75.7 Å². The Bertz CT molecular complexity index is 1240. The second kappa shape index (κ2) is 8.61.